The summed E-state index contributed by atoms with van der Waals surface area (Å²) in [6.07, 6.45) is 5.43. The number of benzene rings is 1. The van der Waals surface area contributed by atoms with Crippen molar-refractivity contribution in [2.75, 3.05) is 44.8 Å². The lowest BCUT2D eigenvalue weighted by Gasteiger charge is -2.30. The number of anilines is 1. The quantitative estimate of drug-likeness (QED) is 0.733. The van der Waals surface area contributed by atoms with Gasteiger partial charge in [0, 0.05) is 38.0 Å². The largest absolute Gasteiger partial charge is 0.379 e. The molecular formula is C20H31N3O3. The minimum Gasteiger partial charge on any atom is -0.379 e. The molecule has 0 spiro atoms. The molecule has 1 heterocycles. The zero-order chi connectivity index (χ0) is 18.0. The lowest BCUT2D eigenvalue weighted by Crippen LogP contribution is -2.41. The molecule has 1 aliphatic carbocycles. The first-order valence-electron chi connectivity index (χ1n) is 9.84. The second-order valence-corrected chi connectivity index (χ2v) is 7.12. The van der Waals surface area contributed by atoms with Gasteiger partial charge in [0.25, 0.3) is 0 Å². The fraction of sp³-hybridized carbons (Fsp3) is 0.650. The van der Waals surface area contributed by atoms with Crippen LogP contribution in [0.15, 0.2) is 30.3 Å². The molecule has 6 nitrogen and oxygen atoms in total. The van der Waals surface area contributed by atoms with E-state index in [4.69, 9.17) is 9.47 Å². The van der Waals surface area contributed by atoms with Gasteiger partial charge in [-0.2, -0.15) is 0 Å². The Morgan fingerprint density at radius 2 is 1.85 bits per heavy atom. The first-order chi connectivity index (χ1) is 12.8. The monoisotopic (exact) mass is 361 g/mol. The molecule has 1 aliphatic heterocycles. The van der Waals surface area contributed by atoms with E-state index >= 15 is 0 Å². The van der Waals surface area contributed by atoms with Crippen LogP contribution < -0.4 is 10.6 Å². The average Bonchev–Trinajstić information content (AvgIpc) is 2.68. The van der Waals surface area contributed by atoms with Crippen LogP contribution in [0.4, 0.5) is 10.5 Å². The Morgan fingerprint density at radius 3 is 2.58 bits per heavy atom. The molecule has 0 unspecified atom stereocenters. The molecule has 2 N–H and O–H groups in total. The van der Waals surface area contributed by atoms with Crippen molar-refractivity contribution >= 4 is 11.7 Å². The van der Waals surface area contributed by atoms with Crippen molar-refractivity contribution in [2.24, 2.45) is 0 Å². The van der Waals surface area contributed by atoms with Gasteiger partial charge < -0.3 is 20.1 Å². The molecule has 2 aliphatic rings. The second-order valence-electron chi connectivity index (χ2n) is 7.12. The van der Waals surface area contributed by atoms with Gasteiger partial charge >= 0.3 is 6.03 Å². The van der Waals surface area contributed by atoms with Gasteiger partial charge in [-0.3, -0.25) is 4.90 Å². The number of morpholine rings is 1. The van der Waals surface area contributed by atoms with Crippen molar-refractivity contribution in [3.63, 3.8) is 0 Å². The number of amides is 2. The highest BCUT2D eigenvalue weighted by Gasteiger charge is 2.23. The highest BCUT2D eigenvalue weighted by molar-refractivity contribution is 5.89. The number of carbonyl (C=O) groups is 1. The Kier molecular flexibility index (Phi) is 7.73. The van der Waals surface area contributed by atoms with Crippen LogP contribution in [0.1, 0.15) is 32.1 Å². The Hall–Kier alpha value is -1.63. The lowest BCUT2D eigenvalue weighted by molar-refractivity contribution is 0.00728. The maximum atomic E-state index is 12.1. The van der Waals surface area contributed by atoms with Crippen LogP contribution in [0.25, 0.3) is 0 Å². The van der Waals surface area contributed by atoms with Crippen molar-refractivity contribution in [1.29, 1.82) is 0 Å². The number of urea groups is 1. The summed E-state index contributed by atoms with van der Waals surface area (Å²) >= 11 is 0. The minimum absolute atomic E-state index is 0.119. The van der Waals surface area contributed by atoms with E-state index in [1.54, 1.807) is 0 Å². The molecule has 1 saturated heterocycles. The van der Waals surface area contributed by atoms with E-state index in [1.807, 2.05) is 30.3 Å². The third-order valence-corrected chi connectivity index (χ3v) is 5.12. The van der Waals surface area contributed by atoms with Gasteiger partial charge in [-0.1, -0.05) is 18.2 Å². The number of hydrogen-bond acceptors (Lipinski definition) is 4. The number of para-hydroxylation sites is 1. The standard InChI is InChI=1S/C20H31N3O3/c24-20(21-17-5-2-1-3-6-17)22-18-7-9-19(10-8-18)26-14-4-11-23-12-15-25-16-13-23/h1-3,5-6,18-19H,4,7-16H2,(H2,21,22,24)/t18-,19-. The first kappa shape index (κ1) is 19.1. The van der Waals surface area contributed by atoms with E-state index in [1.165, 1.54) is 0 Å². The summed E-state index contributed by atoms with van der Waals surface area (Å²) in [5, 5.41) is 5.95. The summed E-state index contributed by atoms with van der Waals surface area (Å²) < 4.78 is 11.4. The minimum atomic E-state index is -0.119. The smallest absolute Gasteiger partial charge is 0.319 e. The summed E-state index contributed by atoms with van der Waals surface area (Å²) in [4.78, 5) is 14.5. The Labute approximate surface area is 156 Å². The molecule has 6 heteroatoms. The summed E-state index contributed by atoms with van der Waals surface area (Å²) in [7, 11) is 0. The van der Waals surface area contributed by atoms with Gasteiger partial charge in [-0.15, -0.1) is 0 Å². The molecule has 26 heavy (non-hydrogen) atoms. The summed E-state index contributed by atoms with van der Waals surface area (Å²) in [6.45, 7) is 5.73. The number of rotatable bonds is 7. The Morgan fingerprint density at radius 1 is 1.12 bits per heavy atom. The molecule has 0 aromatic heterocycles. The summed E-state index contributed by atoms with van der Waals surface area (Å²) in [6, 6.07) is 9.67. The van der Waals surface area contributed by atoms with Crippen molar-refractivity contribution in [1.82, 2.24) is 10.2 Å². The molecule has 2 fully saturated rings. The fourth-order valence-electron chi connectivity index (χ4n) is 3.61. The van der Waals surface area contributed by atoms with E-state index in [0.29, 0.717) is 6.10 Å². The molecule has 1 saturated carbocycles. The second kappa shape index (κ2) is 10.5. The number of hydrogen-bond donors (Lipinski definition) is 2. The number of ether oxygens (including phenoxy) is 2. The van der Waals surface area contributed by atoms with E-state index in [-0.39, 0.29) is 12.1 Å². The average molecular weight is 361 g/mol. The van der Waals surface area contributed by atoms with Crippen LogP contribution in [0.3, 0.4) is 0 Å². The van der Waals surface area contributed by atoms with Gasteiger partial charge in [0.05, 0.1) is 19.3 Å². The van der Waals surface area contributed by atoms with Crippen molar-refractivity contribution < 1.29 is 14.3 Å². The summed E-state index contributed by atoms with van der Waals surface area (Å²) in [5.74, 6) is 0. The maximum absolute atomic E-state index is 12.1. The highest BCUT2D eigenvalue weighted by atomic mass is 16.5. The molecule has 144 valence electrons. The van der Waals surface area contributed by atoms with Gasteiger partial charge in [0.1, 0.15) is 0 Å². The van der Waals surface area contributed by atoms with Crippen LogP contribution in [-0.4, -0.2) is 62.5 Å². The lowest BCUT2D eigenvalue weighted by atomic mass is 9.93. The van der Waals surface area contributed by atoms with Gasteiger partial charge in [-0.05, 0) is 44.2 Å². The molecule has 1 aromatic carbocycles. The van der Waals surface area contributed by atoms with Gasteiger partial charge in [-0.25, -0.2) is 4.79 Å². The van der Waals surface area contributed by atoms with E-state index in [9.17, 15) is 4.79 Å². The van der Waals surface area contributed by atoms with E-state index in [2.05, 4.69) is 15.5 Å². The molecule has 0 bridgehead atoms. The zero-order valence-corrected chi connectivity index (χ0v) is 15.5. The summed E-state index contributed by atoms with van der Waals surface area (Å²) in [5.41, 5.74) is 0.822. The molecule has 3 rings (SSSR count). The molecule has 1 aromatic rings. The molecule has 0 atom stereocenters. The Bertz CT molecular complexity index is 526. The SMILES string of the molecule is O=C(Nc1ccccc1)N[C@H]1CC[C@H](OCCCN2CCOCC2)CC1. The van der Waals surface area contributed by atoms with Crippen LogP contribution in [-0.2, 0) is 9.47 Å². The number of nitrogens with zero attached hydrogens (tertiary/aromatic N) is 1. The van der Waals surface area contributed by atoms with Crippen LogP contribution in [0.2, 0.25) is 0 Å². The molecule has 2 amide bonds. The maximum Gasteiger partial charge on any atom is 0.319 e. The number of carbonyl (C=O) groups excluding carboxylic acids is 1. The van der Waals surface area contributed by atoms with Gasteiger partial charge in [0.15, 0.2) is 0 Å². The fourth-order valence-corrected chi connectivity index (χ4v) is 3.61. The van der Waals surface area contributed by atoms with Crippen LogP contribution in [0.5, 0.6) is 0 Å². The normalized spacial score (nSPS) is 24.2. The third kappa shape index (κ3) is 6.59. The topological polar surface area (TPSA) is 62.8 Å². The zero-order valence-electron chi connectivity index (χ0n) is 15.5. The van der Waals surface area contributed by atoms with Crippen LogP contribution in [0, 0.1) is 0 Å². The predicted molar refractivity (Wildman–Crippen MR) is 102 cm³/mol. The van der Waals surface area contributed by atoms with E-state index < -0.39 is 0 Å². The van der Waals surface area contributed by atoms with E-state index in [0.717, 1.165) is 77.2 Å². The third-order valence-electron chi connectivity index (χ3n) is 5.12. The first-order valence-corrected chi connectivity index (χ1v) is 9.84. The highest BCUT2D eigenvalue weighted by Crippen LogP contribution is 2.21. The van der Waals surface area contributed by atoms with Crippen molar-refractivity contribution in [3.8, 4) is 0 Å². The molecular weight excluding hydrogens is 330 g/mol. The predicted octanol–water partition coefficient (Wildman–Crippen LogP) is 2.86. The van der Waals surface area contributed by atoms with Gasteiger partial charge in [0.2, 0.25) is 0 Å². The number of nitrogens with one attached hydrogen (secondary N) is 2. The van der Waals surface area contributed by atoms with Crippen molar-refractivity contribution in [3.05, 3.63) is 30.3 Å². The van der Waals surface area contributed by atoms with Crippen LogP contribution >= 0.6 is 0 Å². The van der Waals surface area contributed by atoms with Crippen molar-refractivity contribution in [2.45, 2.75) is 44.2 Å². The Balaban J connectivity index is 1.25. The molecule has 0 radical (unpaired) electrons.